The van der Waals surface area contributed by atoms with Crippen LogP contribution in [0.1, 0.15) is 19.0 Å². The van der Waals surface area contributed by atoms with E-state index in [0.29, 0.717) is 6.54 Å². The van der Waals surface area contributed by atoms with Gasteiger partial charge in [-0.1, -0.05) is 22.9 Å². The van der Waals surface area contributed by atoms with Gasteiger partial charge in [0.25, 0.3) is 0 Å². The summed E-state index contributed by atoms with van der Waals surface area (Å²) in [5.74, 6) is 0.0236. The maximum Gasteiger partial charge on any atom is 0.234 e. The van der Waals surface area contributed by atoms with E-state index < -0.39 is 0 Å². The van der Waals surface area contributed by atoms with Gasteiger partial charge in [0.15, 0.2) is 0 Å². The van der Waals surface area contributed by atoms with Crippen molar-refractivity contribution < 1.29 is 4.79 Å². The molecular weight excluding hydrogens is 252 g/mol. The molecule has 5 heteroatoms. The lowest BCUT2D eigenvalue weighted by atomic mass is 10.3. The fraction of sp³-hybridized carbons (Fsp3) is 0.500. The largest absolute Gasteiger partial charge is 0.349 e. The summed E-state index contributed by atoms with van der Waals surface area (Å²) in [6.07, 6.45) is 0.795. The second-order valence-corrected chi connectivity index (χ2v) is 4.40. The van der Waals surface area contributed by atoms with Crippen LogP contribution in [0.3, 0.4) is 0 Å². The highest BCUT2D eigenvalue weighted by Crippen LogP contribution is 2.05. The van der Waals surface area contributed by atoms with Gasteiger partial charge in [-0.05, 0) is 6.42 Å². The molecule has 1 aromatic rings. The van der Waals surface area contributed by atoms with E-state index in [4.69, 9.17) is 0 Å². The highest BCUT2D eigenvalue weighted by Gasteiger charge is 2.11. The molecule has 0 aliphatic carbocycles. The van der Waals surface area contributed by atoms with Gasteiger partial charge >= 0.3 is 0 Å². The summed E-state index contributed by atoms with van der Waals surface area (Å²) in [7, 11) is 0. The van der Waals surface area contributed by atoms with Crippen LogP contribution in [0.5, 0.6) is 0 Å². The van der Waals surface area contributed by atoms with Crippen LogP contribution in [0.15, 0.2) is 10.9 Å². The molecule has 1 N–H and O–H groups in total. The molecule has 0 bridgehead atoms. The minimum Gasteiger partial charge on any atom is -0.349 e. The Morgan fingerprint density at radius 3 is 3.15 bits per heavy atom. The van der Waals surface area contributed by atoms with Crippen molar-refractivity contribution in [2.75, 3.05) is 0 Å². The monoisotopic (exact) mass is 262 g/mol. The van der Waals surface area contributed by atoms with Crippen LogP contribution in [0.25, 0.3) is 0 Å². The van der Waals surface area contributed by atoms with Gasteiger partial charge in [0.05, 0.1) is 22.6 Å². The normalized spacial score (nSPS) is 12.5. The van der Waals surface area contributed by atoms with Gasteiger partial charge in [0.2, 0.25) is 5.91 Å². The topological polar surface area (TPSA) is 42.0 Å². The van der Waals surface area contributed by atoms with Crippen LogP contribution >= 0.6 is 27.3 Å². The molecule has 0 fully saturated rings. The Balaban J connectivity index is 2.31. The summed E-state index contributed by atoms with van der Waals surface area (Å²) in [5.41, 5.74) is 2.67. The maximum absolute atomic E-state index is 11.3. The molecule has 0 saturated carbocycles. The molecule has 1 unspecified atom stereocenters. The molecule has 1 heterocycles. The van der Waals surface area contributed by atoms with Crippen molar-refractivity contribution in [3.05, 3.63) is 16.6 Å². The molecule has 1 amide bonds. The summed E-state index contributed by atoms with van der Waals surface area (Å²) >= 11 is 4.81. The number of halogens is 1. The third kappa shape index (κ3) is 3.44. The zero-order valence-corrected chi connectivity index (χ0v) is 9.69. The van der Waals surface area contributed by atoms with E-state index >= 15 is 0 Å². The number of carbonyl (C=O) groups is 1. The highest BCUT2D eigenvalue weighted by atomic mass is 79.9. The number of nitrogens with one attached hydrogen (secondary N) is 1. The van der Waals surface area contributed by atoms with Gasteiger partial charge in [0.1, 0.15) is 0 Å². The Kier molecular flexibility index (Phi) is 4.38. The van der Waals surface area contributed by atoms with Gasteiger partial charge in [-0.15, -0.1) is 11.3 Å². The first-order chi connectivity index (χ1) is 6.24. The molecule has 0 saturated heterocycles. The Labute approximate surface area is 89.7 Å². The molecule has 3 nitrogen and oxygen atoms in total. The number of aromatic nitrogens is 1. The van der Waals surface area contributed by atoms with E-state index in [0.717, 1.165) is 12.1 Å². The lowest BCUT2D eigenvalue weighted by Gasteiger charge is -2.06. The molecular formula is C8H11BrN2OS. The predicted molar refractivity (Wildman–Crippen MR) is 57.0 cm³/mol. The molecule has 1 aromatic heterocycles. The van der Waals surface area contributed by atoms with Gasteiger partial charge < -0.3 is 5.32 Å². The first-order valence-corrected chi connectivity index (χ1v) is 5.88. The minimum absolute atomic E-state index is 0.0236. The number of rotatable bonds is 4. The molecule has 13 heavy (non-hydrogen) atoms. The number of thiazole rings is 1. The zero-order chi connectivity index (χ0) is 9.68. The number of carbonyl (C=O) groups excluding carboxylic acids is 1. The van der Waals surface area contributed by atoms with Gasteiger partial charge in [-0.25, -0.2) is 4.98 Å². The Hall–Kier alpha value is -0.420. The van der Waals surface area contributed by atoms with Crippen molar-refractivity contribution in [1.82, 2.24) is 10.3 Å². The smallest absolute Gasteiger partial charge is 0.234 e. The fourth-order valence-corrected chi connectivity index (χ4v) is 1.52. The van der Waals surface area contributed by atoms with Crippen molar-refractivity contribution in [2.24, 2.45) is 0 Å². The van der Waals surface area contributed by atoms with Gasteiger partial charge in [-0.2, -0.15) is 0 Å². The number of alkyl halides is 1. The standard InChI is InChI=1S/C8H11BrN2OS/c1-2-7(9)8(12)10-3-6-4-13-5-11-6/h4-5,7H,2-3H2,1H3,(H,10,12). The third-order valence-corrected chi connectivity index (χ3v) is 3.27. The maximum atomic E-state index is 11.3. The predicted octanol–water partition coefficient (Wildman–Crippen LogP) is 1.93. The van der Waals surface area contributed by atoms with Crippen molar-refractivity contribution >= 4 is 33.2 Å². The number of amides is 1. The van der Waals surface area contributed by atoms with E-state index in [1.165, 1.54) is 11.3 Å². The van der Waals surface area contributed by atoms with Crippen LogP contribution in [0.2, 0.25) is 0 Å². The van der Waals surface area contributed by atoms with Crippen LogP contribution < -0.4 is 5.32 Å². The quantitative estimate of drug-likeness (QED) is 0.843. The summed E-state index contributed by atoms with van der Waals surface area (Å²) in [6, 6.07) is 0. The van der Waals surface area contributed by atoms with E-state index in [-0.39, 0.29) is 10.7 Å². The Morgan fingerprint density at radius 1 is 1.85 bits per heavy atom. The third-order valence-electron chi connectivity index (χ3n) is 1.57. The average molecular weight is 263 g/mol. The van der Waals surface area contributed by atoms with E-state index in [2.05, 4.69) is 26.2 Å². The first kappa shape index (κ1) is 10.7. The van der Waals surface area contributed by atoms with E-state index in [9.17, 15) is 4.79 Å². The summed E-state index contributed by atoms with van der Waals surface area (Å²) in [6.45, 7) is 2.48. The van der Waals surface area contributed by atoms with Gasteiger partial charge in [-0.3, -0.25) is 4.79 Å². The van der Waals surface area contributed by atoms with E-state index in [1.807, 2.05) is 12.3 Å². The second kappa shape index (κ2) is 5.34. The van der Waals surface area contributed by atoms with Crippen molar-refractivity contribution in [1.29, 1.82) is 0 Å². The second-order valence-electron chi connectivity index (χ2n) is 2.57. The van der Waals surface area contributed by atoms with Gasteiger partial charge in [0, 0.05) is 5.38 Å². The zero-order valence-electron chi connectivity index (χ0n) is 7.29. The fourth-order valence-electron chi connectivity index (χ4n) is 0.799. The molecule has 0 spiro atoms. The minimum atomic E-state index is -0.0915. The van der Waals surface area contributed by atoms with Crippen molar-refractivity contribution in [3.8, 4) is 0 Å². The molecule has 1 rings (SSSR count). The van der Waals surface area contributed by atoms with E-state index in [1.54, 1.807) is 5.51 Å². The Bertz CT molecular complexity index is 263. The molecule has 0 aliphatic rings. The molecule has 72 valence electrons. The van der Waals surface area contributed by atoms with Crippen LogP contribution in [0.4, 0.5) is 0 Å². The van der Waals surface area contributed by atoms with Crippen LogP contribution in [-0.4, -0.2) is 15.7 Å². The Morgan fingerprint density at radius 2 is 2.62 bits per heavy atom. The van der Waals surface area contributed by atoms with Crippen molar-refractivity contribution in [2.45, 2.75) is 24.7 Å². The summed E-state index contributed by atoms with van der Waals surface area (Å²) in [4.78, 5) is 15.3. The van der Waals surface area contributed by atoms with Crippen molar-refractivity contribution in [3.63, 3.8) is 0 Å². The highest BCUT2D eigenvalue weighted by molar-refractivity contribution is 9.10. The van der Waals surface area contributed by atoms with Crippen LogP contribution in [0, 0.1) is 0 Å². The molecule has 0 aromatic carbocycles. The summed E-state index contributed by atoms with van der Waals surface area (Å²) < 4.78 is 0. The SMILES string of the molecule is CCC(Br)C(=O)NCc1cscn1. The van der Waals surface area contributed by atoms with Crippen LogP contribution in [-0.2, 0) is 11.3 Å². The number of hydrogen-bond acceptors (Lipinski definition) is 3. The molecule has 0 aliphatic heterocycles. The molecule has 0 radical (unpaired) electrons. The first-order valence-electron chi connectivity index (χ1n) is 4.03. The summed E-state index contributed by atoms with van der Waals surface area (Å²) in [5, 5.41) is 4.72. The number of hydrogen-bond donors (Lipinski definition) is 1. The molecule has 1 atom stereocenters. The lowest BCUT2D eigenvalue weighted by molar-refractivity contribution is -0.120. The average Bonchev–Trinajstić information content (AvgIpc) is 2.65. The number of nitrogens with zero attached hydrogens (tertiary/aromatic N) is 1. The lowest BCUT2D eigenvalue weighted by Crippen LogP contribution is -2.30.